The SMILES string of the molecule is O=C(/C=C1/c2ccccc2N(C(=O)c2ccc(-n3ccc(-c4ccccc4)n3)cc2Cl)CCC1(F)F)NCc1ccccn1. The number of anilines is 1. The van der Waals surface area contributed by atoms with E-state index in [1.807, 2.05) is 36.4 Å². The van der Waals surface area contributed by atoms with E-state index in [1.165, 1.54) is 11.0 Å². The maximum atomic E-state index is 15.6. The van der Waals surface area contributed by atoms with Crippen LogP contribution >= 0.6 is 11.6 Å². The Labute approximate surface area is 257 Å². The number of carbonyl (C=O) groups excluding carboxylic acids is 2. The summed E-state index contributed by atoms with van der Waals surface area (Å²) in [7, 11) is 0. The van der Waals surface area contributed by atoms with Crippen molar-refractivity contribution in [3.8, 4) is 16.9 Å². The van der Waals surface area contributed by atoms with Crippen LogP contribution < -0.4 is 10.2 Å². The van der Waals surface area contributed by atoms with E-state index < -0.39 is 29.7 Å². The van der Waals surface area contributed by atoms with Crippen molar-refractivity contribution in [2.75, 3.05) is 11.4 Å². The Bertz CT molecular complexity index is 1860. The third-order valence-corrected chi connectivity index (χ3v) is 7.64. The minimum absolute atomic E-state index is 0.0852. The molecule has 0 radical (unpaired) electrons. The summed E-state index contributed by atoms with van der Waals surface area (Å²) in [4.78, 5) is 32.0. The second kappa shape index (κ2) is 12.2. The van der Waals surface area contributed by atoms with E-state index in [2.05, 4.69) is 15.4 Å². The van der Waals surface area contributed by atoms with Crippen molar-refractivity contribution in [2.24, 2.45) is 0 Å². The van der Waals surface area contributed by atoms with Crippen LogP contribution in [0.2, 0.25) is 5.02 Å². The average molecular weight is 610 g/mol. The summed E-state index contributed by atoms with van der Waals surface area (Å²) in [6, 6.07) is 28.0. The lowest BCUT2D eigenvalue weighted by Gasteiger charge is -2.23. The highest BCUT2D eigenvalue weighted by atomic mass is 35.5. The number of rotatable bonds is 6. The predicted octanol–water partition coefficient (Wildman–Crippen LogP) is 6.97. The molecular weight excluding hydrogens is 584 g/mol. The topological polar surface area (TPSA) is 80.1 Å². The summed E-state index contributed by atoms with van der Waals surface area (Å²) < 4.78 is 32.8. The smallest absolute Gasteiger partial charge is 0.275 e. The number of nitrogens with one attached hydrogen (secondary N) is 1. The first-order chi connectivity index (χ1) is 21.3. The van der Waals surface area contributed by atoms with Crippen molar-refractivity contribution in [3.63, 3.8) is 0 Å². The number of allylic oxidation sites excluding steroid dienone is 1. The number of nitrogens with zero attached hydrogens (tertiary/aromatic N) is 4. The molecule has 0 bridgehead atoms. The largest absolute Gasteiger partial charge is 0.347 e. The number of hydrogen-bond acceptors (Lipinski definition) is 4. The number of alkyl halides is 2. The minimum atomic E-state index is -3.38. The lowest BCUT2D eigenvalue weighted by atomic mass is 9.97. The normalized spacial score (nSPS) is 15.0. The Morgan fingerprint density at radius 3 is 2.50 bits per heavy atom. The lowest BCUT2D eigenvalue weighted by molar-refractivity contribution is -0.116. The maximum Gasteiger partial charge on any atom is 0.275 e. The van der Waals surface area contributed by atoms with Gasteiger partial charge in [-0.05, 0) is 42.5 Å². The maximum absolute atomic E-state index is 15.6. The highest BCUT2D eigenvalue weighted by molar-refractivity contribution is 6.34. The predicted molar refractivity (Wildman–Crippen MR) is 166 cm³/mol. The van der Waals surface area contributed by atoms with Gasteiger partial charge in [-0.15, -0.1) is 0 Å². The highest BCUT2D eigenvalue weighted by Gasteiger charge is 2.41. The monoisotopic (exact) mass is 609 g/mol. The zero-order chi connectivity index (χ0) is 30.7. The molecule has 0 saturated heterocycles. The fraction of sp³-hybridized carbons (Fsp3) is 0.118. The molecule has 3 heterocycles. The fourth-order valence-corrected chi connectivity index (χ4v) is 5.35. The Hall–Kier alpha value is -5.15. The summed E-state index contributed by atoms with van der Waals surface area (Å²) in [6.07, 6.45) is 3.60. The van der Waals surface area contributed by atoms with Gasteiger partial charge in [-0.25, -0.2) is 13.5 Å². The number of halogens is 3. The van der Waals surface area contributed by atoms with Gasteiger partial charge in [-0.1, -0.05) is 66.2 Å². The van der Waals surface area contributed by atoms with Crippen LogP contribution in [0.5, 0.6) is 0 Å². The molecule has 1 aliphatic rings. The van der Waals surface area contributed by atoms with Gasteiger partial charge in [0.1, 0.15) is 0 Å². The van der Waals surface area contributed by atoms with Gasteiger partial charge < -0.3 is 10.2 Å². The van der Waals surface area contributed by atoms with Gasteiger partial charge in [0.2, 0.25) is 5.91 Å². The van der Waals surface area contributed by atoms with E-state index in [0.29, 0.717) is 11.4 Å². The molecule has 3 aromatic carbocycles. The van der Waals surface area contributed by atoms with E-state index >= 15 is 8.78 Å². The molecule has 0 unspecified atom stereocenters. The van der Waals surface area contributed by atoms with Crippen LogP contribution in [-0.4, -0.2) is 39.0 Å². The standard InChI is InChI=1S/C34H26ClF2N5O2/c35-29-20-25(42-18-15-30(40-42)23-8-2-1-3-9-23)13-14-27(29)33(44)41-19-16-34(36,37)28(26-11-4-5-12-31(26)41)21-32(43)39-22-24-10-6-7-17-38-24/h1-15,17-18,20-21H,16,19,22H2,(H,39,43)/b28-21-. The van der Waals surface area contributed by atoms with Crippen molar-refractivity contribution >= 4 is 34.7 Å². The molecular formula is C34H26ClF2N5O2. The van der Waals surface area contributed by atoms with Crippen molar-refractivity contribution in [1.29, 1.82) is 0 Å². The molecule has 0 saturated carbocycles. The highest BCUT2D eigenvalue weighted by Crippen LogP contribution is 2.43. The molecule has 6 rings (SSSR count). The van der Waals surface area contributed by atoms with Gasteiger partial charge in [0.05, 0.1) is 39.9 Å². The molecule has 44 heavy (non-hydrogen) atoms. The van der Waals surface area contributed by atoms with Crippen LogP contribution in [0.1, 0.15) is 28.0 Å². The van der Waals surface area contributed by atoms with Crippen molar-refractivity contribution in [2.45, 2.75) is 18.9 Å². The molecule has 2 amide bonds. The van der Waals surface area contributed by atoms with Gasteiger partial charge in [-0.3, -0.25) is 14.6 Å². The van der Waals surface area contributed by atoms with E-state index in [-0.39, 0.29) is 34.9 Å². The van der Waals surface area contributed by atoms with Gasteiger partial charge in [0, 0.05) is 48.1 Å². The quantitative estimate of drug-likeness (QED) is 0.211. The van der Waals surface area contributed by atoms with E-state index in [9.17, 15) is 9.59 Å². The van der Waals surface area contributed by atoms with Gasteiger partial charge in [0.25, 0.3) is 11.8 Å². The first-order valence-electron chi connectivity index (χ1n) is 13.9. The molecule has 0 fully saturated rings. The molecule has 5 aromatic rings. The number of fused-ring (bicyclic) bond motifs is 1. The summed E-state index contributed by atoms with van der Waals surface area (Å²) in [5, 5.41) is 7.38. The number of carbonyl (C=O) groups is 2. The Balaban J connectivity index is 1.27. The Morgan fingerprint density at radius 2 is 1.73 bits per heavy atom. The molecule has 0 atom stereocenters. The van der Waals surface area contributed by atoms with Crippen molar-refractivity contribution < 1.29 is 18.4 Å². The third kappa shape index (κ3) is 6.00. The minimum Gasteiger partial charge on any atom is -0.347 e. The molecule has 7 nitrogen and oxygen atoms in total. The Kier molecular flexibility index (Phi) is 8.04. The average Bonchev–Trinajstić information content (AvgIpc) is 3.51. The number of benzene rings is 3. The zero-order valence-electron chi connectivity index (χ0n) is 23.3. The number of amides is 2. The van der Waals surface area contributed by atoms with Crippen LogP contribution in [0.15, 0.2) is 116 Å². The van der Waals surface area contributed by atoms with Gasteiger partial charge in [0.15, 0.2) is 0 Å². The fourth-order valence-electron chi connectivity index (χ4n) is 5.09. The number of hydrogen-bond donors (Lipinski definition) is 1. The second-order valence-electron chi connectivity index (χ2n) is 10.2. The van der Waals surface area contributed by atoms with Crippen LogP contribution in [-0.2, 0) is 11.3 Å². The van der Waals surface area contributed by atoms with Crippen molar-refractivity contribution in [1.82, 2.24) is 20.1 Å². The molecule has 2 aromatic heterocycles. The molecule has 220 valence electrons. The molecule has 0 aliphatic carbocycles. The third-order valence-electron chi connectivity index (χ3n) is 7.33. The first-order valence-corrected chi connectivity index (χ1v) is 14.3. The molecule has 1 N–H and O–H groups in total. The molecule has 0 spiro atoms. The van der Waals surface area contributed by atoms with Crippen molar-refractivity contribution in [3.05, 3.63) is 137 Å². The van der Waals surface area contributed by atoms with Crippen LogP contribution in [0.25, 0.3) is 22.5 Å². The summed E-state index contributed by atoms with van der Waals surface area (Å²) in [5.41, 5.74) is 3.01. The van der Waals surface area contributed by atoms with Gasteiger partial charge in [-0.2, -0.15) is 5.10 Å². The van der Waals surface area contributed by atoms with Crippen LogP contribution in [0.3, 0.4) is 0 Å². The van der Waals surface area contributed by atoms with E-state index in [4.69, 9.17) is 11.6 Å². The number of para-hydroxylation sites is 1. The first kappa shape index (κ1) is 28.9. The number of pyridine rings is 1. The lowest BCUT2D eigenvalue weighted by Crippen LogP contribution is -2.33. The van der Waals surface area contributed by atoms with E-state index in [0.717, 1.165) is 17.3 Å². The van der Waals surface area contributed by atoms with Gasteiger partial charge >= 0.3 is 0 Å². The Morgan fingerprint density at radius 1 is 0.955 bits per heavy atom. The van der Waals surface area contributed by atoms with E-state index in [1.54, 1.807) is 71.7 Å². The molecule has 1 aliphatic heterocycles. The van der Waals surface area contributed by atoms with Crippen LogP contribution in [0, 0.1) is 0 Å². The second-order valence-corrected chi connectivity index (χ2v) is 10.6. The van der Waals surface area contributed by atoms with Crippen LogP contribution in [0.4, 0.5) is 14.5 Å². The summed E-state index contributed by atoms with van der Waals surface area (Å²) in [5.74, 6) is -4.60. The molecule has 10 heteroatoms. The number of aromatic nitrogens is 3. The zero-order valence-corrected chi connectivity index (χ0v) is 24.1. The summed E-state index contributed by atoms with van der Waals surface area (Å²) >= 11 is 6.62. The summed E-state index contributed by atoms with van der Waals surface area (Å²) in [6.45, 7) is -0.199.